The summed E-state index contributed by atoms with van der Waals surface area (Å²) in [5.41, 5.74) is 1.77. The van der Waals surface area contributed by atoms with Crippen molar-refractivity contribution in [2.45, 2.75) is 81.5 Å². The maximum atomic E-state index is 12.9. The Morgan fingerprint density at radius 1 is 0.762 bits per heavy atom. The summed E-state index contributed by atoms with van der Waals surface area (Å²) < 4.78 is 21.9. The SMILES string of the molecule is COP(=O)(CC(=O)C1(c2ccc(Cl)cc2)CCC1)OC.O=C1CCCCC=C1CC(=O)C1(c2ccc(Cl)cc2)CCC1. The summed E-state index contributed by atoms with van der Waals surface area (Å²) in [4.78, 5) is 37.7. The lowest BCUT2D eigenvalue weighted by Gasteiger charge is -2.41. The lowest BCUT2D eigenvalue weighted by molar-refractivity contribution is -0.128. The second kappa shape index (κ2) is 14.1. The first kappa shape index (κ1) is 32.8. The lowest BCUT2D eigenvalue weighted by atomic mass is 9.61. The number of hydrogen-bond acceptors (Lipinski definition) is 6. The Kier molecular flexibility index (Phi) is 11.0. The van der Waals surface area contributed by atoms with Gasteiger partial charge in [-0.3, -0.25) is 18.9 Å². The number of ketones is 3. The molecule has 0 atom stereocenters. The van der Waals surface area contributed by atoms with E-state index in [1.807, 2.05) is 42.5 Å². The molecule has 0 amide bonds. The van der Waals surface area contributed by atoms with E-state index < -0.39 is 18.4 Å². The first-order valence-corrected chi connectivity index (χ1v) is 17.1. The number of halogens is 2. The smallest absolute Gasteiger partial charge is 0.312 e. The van der Waals surface area contributed by atoms with Crippen LogP contribution in [0.1, 0.15) is 81.8 Å². The molecule has 0 N–H and O–H groups in total. The van der Waals surface area contributed by atoms with Gasteiger partial charge in [0.25, 0.3) is 0 Å². The van der Waals surface area contributed by atoms with Gasteiger partial charge in [0.2, 0.25) is 0 Å². The molecule has 2 aromatic carbocycles. The minimum atomic E-state index is -3.32. The number of benzene rings is 2. The Hall–Kier alpha value is -2.08. The molecule has 3 aliphatic carbocycles. The fraction of sp³-hybridized carbons (Fsp3) is 0.485. The lowest BCUT2D eigenvalue weighted by Crippen LogP contribution is -2.44. The summed E-state index contributed by atoms with van der Waals surface area (Å²) >= 11 is 11.8. The van der Waals surface area contributed by atoms with Crippen molar-refractivity contribution in [1.82, 2.24) is 0 Å². The minimum absolute atomic E-state index is 0.0851. The van der Waals surface area contributed by atoms with Crippen molar-refractivity contribution in [3.05, 3.63) is 81.4 Å². The van der Waals surface area contributed by atoms with Gasteiger partial charge in [-0.1, -0.05) is 66.4 Å². The normalized spacial score (nSPS) is 19.2. The second-order valence-corrected chi connectivity index (χ2v) is 14.6. The van der Waals surface area contributed by atoms with Crippen LogP contribution in [0.3, 0.4) is 0 Å². The summed E-state index contributed by atoms with van der Waals surface area (Å²) in [6, 6.07) is 14.9. The van der Waals surface area contributed by atoms with Gasteiger partial charge >= 0.3 is 7.60 Å². The minimum Gasteiger partial charge on any atom is -0.312 e. The molecule has 0 radical (unpaired) electrons. The molecule has 226 valence electrons. The first-order chi connectivity index (χ1) is 20.1. The molecule has 0 aromatic heterocycles. The Labute approximate surface area is 258 Å². The zero-order valence-corrected chi connectivity index (χ0v) is 26.7. The number of Topliss-reactive ketones (excluding diaryl/α,β-unsaturated/α-hetero) is 3. The van der Waals surface area contributed by atoms with E-state index in [0.717, 1.165) is 74.5 Å². The van der Waals surface area contributed by atoms with Crippen molar-refractivity contribution < 1.29 is 28.0 Å². The standard InChI is InChI=1S/C19H21ClO2.C14H18ClO4P/c20-16-9-7-15(8-10-16)19(11-4-12-19)18(22)13-14-5-2-1-3-6-17(14)21;1-18-20(17,19-2)10-13(16)14(8-3-9-14)11-4-6-12(15)7-5-11/h5,7-10H,1-4,6,11-13H2;4-7H,3,8-10H2,1-2H3. The predicted octanol–water partition coefficient (Wildman–Crippen LogP) is 8.61. The van der Waals surface area contributed by atoms with Crippen LogP contribution >= 0.6 is 30.8 Å². The number of rotatable bonds is 10. The van der Waals surface area contributed by atoms with Crippen molar-refractivity contribution in [2.75, 3.05) is 20.4 Å². The van der Waals surface area contributed by atoms with E-state index in [-0.39, 0.29) is 23.5 Å². The largest absolute Gasteiger partial charge is 0.337 e. The van der Waals surface area contributed by atoms with Crippen molar-refractivity contribution in [1.29, 1.82) is 0 Å². The van der Waals surface area contributed by atoms with Crippen molar-refractivity contribution in [3.63, 3.8) is 0 Å². The van der Waals surface area contributed by atoms with Gasteiger partial charge in [-0.2, -0.15) is 0 Å². The van der Waals surface area contributed by atoms with Gasteiger partial charge in [0, 0.05) is 37.1 Å². The van der Waals surface area contributed by atoms with Gasteiger partial charge in [-0.05, 0) is 85.9 Å². The fourth-order valence-corrected chi connectivity index (χ4v) is 7.39. The van der Waals surface area contributed by atoms with E-state index in [1.54, 1.807) is 12.1 Å². The average molecular weight is 634 g/mol. The zero-order valence-electron chi connectivity index (χ0n) is 24.3. The molecule has 2 aromatic rings. The number of carbonyl (C=O) groups is 3. The molecule has 0 saturated heterocycles. The third kappa shape index (κ3) is 7.17. The van der Waals surface area contributed by atoms with Crippen LogP contribution in [0.2, 0.25) is 10.0 Å². The molecule has 3 aliphatic rings. The summed E-state index contributed by atoms with van der Waals surface area (Å²) in [5.74, 6) is 0.275. The molecule has 2 saturated carbocycles. The molecule has 42 heavy (non-hydrogen) atoms. The summed E-state index contributed by atoms with van der Waals surface area (Å²) in [7, 11) is -0.721. The molecule has 0 heterocycles. The molecule has 2 fully saturated rings. The van der Waals surface area contributed by atoms with E-state index >= 15 is 0 Å². The highest BCUT2D eigenvalue weighted by Gasteiger charge is 2.48. The summed E-state index contributed by atoms with van der Waals surface area (Å²) in [6.07, 6.45) is 10.9. The van der Waals surface area contributed by atoms with Gasteiger partial charge in [-0.25, -0.2) is 0 Å². The highest BCUT2D eigenvalue weighted by molar-refractivity contribution is 7.54. The van der Waals surface area contributed by atoms with Crippen LogP contribution < -0.4 is 0 Å². The van der Waals surface area contributed by atoms with E-state index in [1.165, 1.54) is 14.2 Å². The quantitative estimate of drug-likeness (QED) is 0.244. The van der Waals surface area contributed by atoms with Gasteiger partial charge in [0.15, 0.2) is 11.6 Å². The maximum Gasteiger partial charge on any atom is 0.337 e. The molecule has 0 spiro atoms. The fourth-order valence-electron chi connectivity index (χ4n) is 6.08. The Balaban J connectivity index is 0.000000194. The van der Waals surface area contributed by atoms with Crippen LogP contribution in [0.15, 0.2) is 60.2 Å². The van der Waals surface area contributed by atoms with Gasteiger partial charge < -0.3 is 9.05 Å². The van der Waals surface area contributed by atoms with Gasteiger partial charge in [-0.15, -0.1) is 0 Å². The Bertz CT molecular complexity index is 1350. The number of carbonyl (C=O) groups excluding carboxylic acids is 3. The summed E-state index contributed by atoms with van der Waals surface area (Å²) in [6.45, 7) is 0. The highest BCUT2D eigenvalue weighted by Crippen LogP contribution is 2.52. The average Bonchev–Trinajstić information content (AvgIpc) is 3.13. The molecule has 9 heteroatoms. The van der Waals surface area contributed by atoms with Crippen LogP contribution in [0, 0.1) is 0 Å². The second-order valence-electron chi connectivity index (χ2n) is 11.4. The van der Waals surface area contributed by atoms with Crippen LogP contribution in [0.25, 0.3) is 0 Å². The Morgan fingerprint density at radius 3 is 1.67 bits per heavy atom. The Morgan fingerprint density at radius 2 is 1.24 bits per heavy atom. The molecule has 5 rings (SSSR count). The van der Waals surface area contributed by atoms with Crippen LogP contribution in [-0.2, 0) is 38.8 Å². The topological polar surface area (TPSA) is 86.7 Å². The first-order valence-electron chi connectivity index (χ1n) is 14.6. The molecular formula is C33H39Cl2O6P. The van der Waals surface area contributed by atoms with Gasteiger partial charge in [0.05, 0.1) is 10.8 Å². The molecule has 0 bridgehead atoms. The van der Waals surface area contributed by atoms with Crippen LogP contribution in [-0.4, -0.2) is 37.7 Å². The zero-order chi connectivity index (χ0) is 30.4. The number of allylic oxidation sites excluding steroid dienone is 2. The maximum absolute atomic E-state index is 12.9. The van der Waals surface area contributed by atoms with Crippen LogP contribution in [0.4, 0.5) is 0 Å². The van der Waals surface area contributed by atoms with Crippen molar-refractivity contribution >= 4 is 48.1 Å². The van der Waals surface area contributed by atoms with Crippen molar-refractivity contribution in [3.8, 4) is 0 Å². The van der Waals surface area contributed by atoms with Gasteiger partial charge in [0.1, 0.15) is 11.9 Å². The van der Waals surface area contributed by atoms with Crippen molar-refractivity contribution in [2.24, 2.45) is 0 Å². The third-order valence-electron chi connectivity index (χ3n) is 9.13. The summed E-state index contributed by atoms with van der Waals surface area (Å²) in [5, 5.41) is 1.32. The predicted molar refractivity (Wildman–Crippen MR) is 167 cm³/mol. The third-order valence-corrected chi connectivity index (χ3v) is 11.4. The van der Waals surface area contributed by atoms with E-state index in [0.29, 0.717) is 22.9 Å². The highest BCUT2D eigenvalue weighted by atomic mass is 35.5. The molecule has 0 unspecified atom stereocenters. The molecular weight excluding hydrogens is 594 g/mol. The monoisotopic (exact) mass is 632 g/mol. The van der Waals surface area contributed by atoms with E-state index in [4.69, 9.17) is 32.2 Å². The number of hydrogen-bond donors (Lipinski definition) is 0. The van der Waals surface area contributed by atoms with E-state index in [2.05, 4.69) is 0 Å². The van der Waals surface area contributed by atoms with Crippen LogP contribution in [0.5, 0.6) is 0 Å². The molecule has 6 nitrogen and oxygen atoms in total. The molecule has 0 aliphatic heterocycles. The van der Waals surface area contributed by atoms with E-state index in [9.17, 15) is 18.9 Å².